The minimum absolute atomic E-state index is 0.0793. The third kappa shape index (κ3) is 3.34. The maximum absolute atomic E-state index is 12.8. The van der Waals surface area contributed by atoms with Crippen molar-refractivity contribution in [1.82, 2.24) is 0 Å². The molecule has 14 heavy (non-hydrogen) atoms. The fourth-order valence-electron chi connectivity index (χ4n) is 1.19. The van der Waals surface area contributed by atoms with Gasteiger partial charge in [-0.3, -0.25) is 0 Å². The van der Waals surface area contributed by atoms with E-state index in [-0.39, 0.29) is 11.6 Å². The number of aryl methyl sites for hydroxylation is 1. The molecule has 0 bridgehead atoms. The standard InChI is InChI=1S/C11H15FO2/c1-11(2,14)6-5-8-7-9(12)3-4-10(8)13/h3-4,7,13-14H,5-6H2,1-2H3. The Hall–Kier alpha value is -1.09. The molecule has 0 radical (unpaired) electrons. The highest BCUT2D eigenvalue weighted by atomic mass is 19.1. The van der Waals surface area contributed by atoms with Crippen LogP contribution in [0.25, 0.3) is 0 Å². The molecule has 2 nitrogen and oxygen atoms in total. The van der Waals surface area contributed by atoms with Crippen molar-refractivity contribution in [3.63, 3.8) is 0 Å². The van der Waals surface area contributed by atoms with Crippen molar-refractivity contribution in [1.29, 1.82) is 0 Å². The van der Waals surface area contributed by atoms with Gasteiger partial charge in [0, 0.05) is 0 Å². The van der Waals surface area contributed by atoms with Gasteiger partial charge in [0.25, 0.3) is 0 Å². The number of phenols is 1. The van der Waals surface area contributed by atoms with Crippen LogP contribution in [0.2, 0.25) is 0 Å². The highest BCUT2D eigenvalue weighted by molar-refractivity contribution is 5.32. The van der Waals surface area contributed by atoms with E-state index in [9.17, 15) is 14.6 Å². The molecule has 0 aromatic heterocycles. The number of rotatable bonds is 3. The lowest BCUT2D eigenvalue weighted by molar-refractivity contribution is 0.0712. The van der Waals surface area contributed by atoms with Crippen molar-refractivity contribution in [2.24, 2.45) is 0 Å². The lowest BCUT2D eigenvalue weighted by atomic mass is 9.98. The molecule has 0 atom stereocenters. The van der Waals surface area contributed by atoms with E-state index in [1.165, 1.54) is 18.2 Å². The van der Waals surface area contributed by atoms with Gasteiger partial charge in [-0.25, -0.2) is 4.39 Å². The van der Waals surface area contributed by atoms with E-state index in [1.807, 2.05) is 0 Å². The predicted octanol–water partition coefficient (Wildman–Crippen LogP) is 2.23. The van der Waals surface area contributed by atoms with E-state index in [0.29, 0.717) is 18.4 Å². The van der Waals surface area contributed by atoms with Crippen LogP contribution in [0.4, 0.5) is 4.39 Å². The lowest BCUT2D eigenvalue weighted by Crippen LogP contribution is -2.19. The third-order valence-electron chi connectivity index (χ3n) is 2.05. The Labute approximate surface area is 83.0 Å². The highest BCUT2D eigenvalue weighted by Gasteiger charge is 2.13. The molecule has 0 heterocycles. The topological polar surface area (TPSA) is 40.5 Å². The molecule has 0 fully saturated rings. The maximum Gasteiger partial charge on any atom is 0.123 e. The van der Waals surface area contributed by atoms with Crippen molar-refractivity contribution in [3.8, 4) is 5.75 Å². The summed E-state index contributed by atoms with van der Waals surface area (Å²) in [5.74, 6) is -0.288. The zero-order valence-corrected chi connectivity index (χ0v) is 8.42. The minimum atomic E-state index is -0.793. The Balaban J connectivity index is 2.72. The quantitative estimate of drug-likeness (QED) is 0.782. The Morgan fingerprint density at radius 1 is 1.36 bits per heavy atom. The second-order valence-electron chi connectivity index (χ2n) is 4.09. The van der Waals surface area contributed by atoms with Gasteiger partial charge in [-0.15, -0.1) is 0 Å². The molecule has 3 heteroatoms. The first-order valence-corrected chi connectivity index (χ1v) is 4.58. The van der Waals surface area contributed by atoms with Gasteiger partial charge in [0.2, 0.25) is 0 Å². The van der Waals surface area contributed by atoms with Crippen molar-refractivity contribution in [2.45, 2.75) is 32.3 Å². The largest absolute Gasteiger partial charge is 0.508 e. The zero-order chi connectivity index (χ0) is 10.8. The number of hydrogen-bond donors (Lipinski definition) is 2. The molecule has 0 aliphatic rings. The van der Waals surface area contributed by atoms with Crippen LogP contribution >= 0.6 is 0 Å². The lowest BCUT2D eigenvalue weighted by Gasteiger charge is -2.16. The van der Waals surface area contributed by atoms with Crippen LogP contribution in [0.3, 0.4) is 0 Å². The number of aromatic hydroxyl groups is 1. The summed E-state index contributed by atoms with van der Waals surface area (Å²) in [6.45, 7) is 3.37. The van der Waals surface area contributed by atoms with Crippen LogP contribution in [0, 0.1) is 5.82 Å². The number of hydrogen-bond acceptors (Lipinski definition) is 2. The molecule has 78 valence electrons. The molecular formula is C11H15FO2. The van der Waals surface area contributed by atoms with Gasteiger partial charge in [0.1, 0.15) is 11.6 Å². The molecule has 1 rings (SSSR count). The molecule has 2 N–H and O–H groups in total. The average molecular weight is 198 g/mol. The second kappa shape index (κ2) is 3.96. The van der Waals surface area contributed by atoms with Crippen molar-refractivity contribution < 1.29 is 14.6 Å². The number of aliphatic hydroxyl groups is 1. The van der Waals surface area contributed by atoms with Gasteiger partial charge in [-0.1, -0.05) is 0 Å². The van der Waals surface area contributed by atoms with Crippen molar-refractivity contribution in [3.05, 3.63) is 29.6 Å². The summed E-state index contributed by atoms with van der Waals surface area (Å²) in [5, 5.41) is 18.8. The van der Waals surface area contributed by atoms with Gasteiger partial charge >= 0.3 is 0 Å². The summed E-state index contributed by atoms with van der Waals surface area (Å²) in [6.07, 6.45) is 0.955. The highest BCUT2D eigenvalue weighted by Crippen LogP contribution is 2.22. The van der Waals surface area contributed by atoms with E-state index in [2.05, 4.69) is 0 Å². The van der Waals surface area contributed by atoms with Gasteiger partial charge in [-0.2, -0.15) is 0 Å². The zero-order valence-electron chi connectivity index (χ0n) is 8.42. The number of halogens is 1. The molecule has 0 spiro atoms. The van der Waals surface area contributed by atoms with Crippen LogP contribution in [0.1, 0.15) is 25.8 Å². The summed E-state index contributed by atoms with van der Waals surface area (Å²) in [5.41, 5.74) is -0.259. The monoisotopic (exact) mass is 198 g/mol. The summed E-state index contributed by atoms with van der Waals surface area (Å²) < 4.78 is 12.8. The fraction of sp³-hybridized carbons (Fsp3) is 0.455. The van der Waals surface area contributed by atoms with E-state index in [0.717, 1.165) is 0 Å². The van der Waals surface area contributed by atoms with Gasteiger partial charge in [-0.05, 0) is 50.5 Å². The SMILES string of the molecule is CC(C)(O)CCc1cc(F)ccc1O. The molecule has 0 aliphatic heterocycles. The molecule has 1 aromatic rings. The first kappa shape index (κ1) is 11.0. The first-order valence-electron chi connectivity index (χ1n) is 4.58. The molecule has 0 saturated carbocycles. The van der Waals surface area contributed by atoms with Gasteiger partial charge < -0.3 is 10.2 Å². The average Bonchev–Trinajstić information content (AvgIpc) is 2.05. The van der Waals surface area contributed by atoms with E-state index in [1.54, 1.807) is 13.8 Å². The molecule has 1 aromatic carbocycles. The normalized spacial score (nSPS) is 11.7. The Bertz CT molecular complexity index is 316. The number of benzene rings is 1. The summed E-state index contributed by atoms with van der Waals surface area (Å²) in [7, 11) is 0. The summed E-state index contributed by atoms with van der Waals surface area (Å²) in [6, 6.07) is 3.83. The van der Waals surface area contributed by atoms with E-state index in [4.69, 9.17) is 0 Å². The first-order chi connectivity index (χ1) is 6.38. The van der Waals surface area contributed by atoms with Crippen LogP contribution in [-0.2, 0) is 6.42 Å². The van der Waals surface area contributed by atoms with Crippen LogP contribution in [-0.4, -0.2) is 15.8 Å². The number of phenolic OH excluding ortho intramolecular Hbond substituents is 1. The van der Waals surface area contributed by atoms with Gasteiger partial charge in [0.15, 0.2) is 0 Å². The molecule has 0 amide bonds. The molecular weight excluding hydrogens is 183 g/mol. The van der Waals surface area contributed by atoms with E-state index >= 15 is 0 Å². The Kier molecular flexibility index (Phi) is 3.11. The Morgan fingerprint density at radius 2 is 2.00 bits per heavy atom. The van der Waals surface area contributed by atoms with Crippen LogP contribution in [0.15, 0.2) is 18.2 Å². The van der Waals surface area contributed by atoms with Crippen molar-refractivity contribution in [2.75, 3.05) is 0 Å². The van der Waals surface area contributed by atoms with Crippen LogP contribution < -0.4 is 0 Å². The fourth-order valence-corrected chi connectivity index (χ4v) is 1.19. The molecule has 0 unspecified atom stereocenters. The van der Waals surface area contributed by atoms with Crippen molar-refractivity contribution >= 4 is 0 Å². The Morgan fingerprint density at radius 3 is 2.57 bits per heavy atom. The van der Waals surface area contributed by atoms with Gasteiger partial charge in [0.05, 0.1) is 5.60 Å². The second-order valence-corrected chi connectivity index (χ2v) is 4.09. The molecule has 0 aliphatic carbocycles. The van der Waals surface area contributed by atoms with E-state index < -0.39 is 5.60 Å². The summed E-state index contributed by atoms with van der Waals surface area (Å²) in [4.78, 5) is 0. The summed E-state index contributed by atoms with van der Waals surface area (Å²) >= 11 is 0. The minimum Gasteiger partial charge on any atom is -0.508 e. The molecule has 0 saturated heterocycles. The maximum atomic E-state index is 12.8. The third-order valence-corrected chi connectivity index (χ3v) is 2.05. The van der Waals surface area contributed by atoms with Crippen LogP contribution in [0.5, 0.6) is 5.75 Å². The predicted molar refractivity (Wildman–Crippen MR) is 52.7 cm³/mol. The smallest absolute Gasteiger partial charge is 0.123 e.